The van der Waals surface area contributed by atoms with Gasteiger partial charge in [0, 0.05) is 11.5 Å². The van der Waals surface area contributed by atoms with E-state index in [1.807, 2.05) is 24.3 Å². The fourth-order valence-corrected chi connectivity index (χ4v) is 4.59. The molecule has 0 aromatic heterocycles. The van der Waals surface area contributed by atoms with Crippen LogP contribution in [0.15, 0.2) is 60.7 Å². The number of nitrogens with zero attached hydrogens (tertiary/aromatic N) is 1. The molecule has 3 aromatic rings. The first-order valence-electron chi connectivity index (χ1n) is 12.0. The maximum Gasteiger partial charge on any atom is 0.534 e. The van der Waals surface area contributed by atoms with Gasteiger partial charge >= 0.3 is 21.7 Å². The smallest absolute Gasteiger partial charge is 0.484 e. The molecule has 0 fully saturated rings. The van der Waals surface area contributed by atoms with E-state index in [0.717, 1.165) is 22.4 Å². The summed E-state index contributed by atoms with van der Waals surface area (Å²) < 4.78 is 79.1. The molecule has 1 amide bonds. The molecule has 11 heteroatoms. The maximum atomic E-state index is 13.4. The highest BCUT2D eigenvalue weighted by molar-refractivity contribution is 7.87. The van der Waals surface area contributed by atoms with E-state index in [9.17, 15) is 26.4 Å². The zero-order valence-electron chi connectivity index (χ0n) is 21.6. The molecule has 206 valence electrons. The number of para-hydroxylation sites is 1. The third-order valence-electron chi connectivity index (χ3n) is 5.85. The van der Waals surface area contributed by atoms with E-state index >= 15 is 0 Å². The number of halogens is 3. The van der Waals surface area contributed by atoms with Crippen LogP contribution in [0.3, 0.4) is 0 Å². The molecule has 1 aliphatic heterocycles. The van der Waals surface area contributed by atoms with E-state index in [1.165, 1.54) is 23.1 Å². The average molecular weight is 562 g/mol. The Kier molecular flexibility index (Phi) is 7.45. The number of fused-ring (bicyclic) bond motifs is 2. The Hall–Kier alpha value is -3.91. The molecule has 0 radical (unpaired) electrons. The topological polar surface area (TPSA) is 82.1 Å². The largest absolute Gasteiger partial charge is 0.534 e. The van der Waals surface area contributed by atoms with Crippen molar-refractivity contribution in [2.24, 2.45) is 0 Å². The quantitative estimate of drug-likeness (QED) is 0.256. The second kappa shape index (κ2) is 10.3. The van der Waals surface area contributed by atoms with Crippen LogP contribution in [0.1, 0.15) is 44.9 Å². The molecule has 0 saturated heterocycles. The van der Waals surface area contributed by atoms with Gasteiger partial charge in [-0.05, 0) is 69.0 Å². The van der Waals surface area contributed by atoms with Crippen LogP contribution >= 0.6 is 0 Å². The van der Waals surface area contributed by atoms with Gasteiger partial charge in [-0.25, -0.2) is 4.79 Å². The van der Waals surface area contributed by atoms with E-state index in [0.29, 0.717) is 0 Å². The van der Waals surface area contributed by atoms with Gasteiger partial charge in [0.2, 0.25) is 0 Å². The highest BCUT2D eigenvalue weighted by Crippen LogP contribution is 2.38. The highest BCUT2D eigenvalue weighted by atomic mass is 32.2. The molecule has 0 aliphatic carbocycles. The second-order valence-corrected chi connectivity index (χ2v) is 11.4. The summed E-state index contributed by atoms with van der Waals surface area (Å²) in [6.45, 7) is 6.71. The zero-order valence-corrected chi connectivity index (χ0v) is 22.4. The van der Waals surface area contributed by atoms with Gasteiger partial charge in [-0.1, -0.05) is 36.4 Å². The minimum atomic E-state index is -5.95. The van der Waals surface area contributed by atoms with Gasteiger partial charge in [0.1, 0.15) is 17.5 Å². The first-order chi connectivity index (χ1) is 18.2. The van der Waals surface area contributed by atoms with Crippen LogP contribution in [0.2, 0.25) is 0 Å². The first-order valence-corrected chi connectivity index (χ1v) is 13.4. The molecular weight excluding hydrogens is 535 g/mol. The Morgan fingerprint density at radius 1 is 1.10 bits per heavy atom. The van der Waals surface area contributed by atoms with Crippen molar-refractivity contribution in [1.29, 1.82) is 0 Å². The Balaban J connectivity index is 1.74. The summed E-state index contributed by atoms with van der Waals surface area (Å²) in [6.07, 6.45) is -0.649. The first kappa shape index (κ1) is 28.1. The number of alkyl halides is 3. The van der Waals surface area contributed by atoms with Gasteiger partial charge < -0.3 is 13.7 Å². The highest BCUT2D eigenvalue weighted by Gasteiger charge is 2.49. The number of hydrogen-bond acceptors (Lipinski definition) is 6. The molecule has 39 heavy (non-hydrogen) atoms. The molecule has 3 aromatic carbocycles. The van der Waals surface area contributed by atoms with Crippen molar-refractivity contribution in [3.05, 3.63) is 83.9 Å². The maximum absolute atomic E-state index is 13.4. The van der Waals surface area contributed by atoms with Gasteiger partial charge in [0.15, 0.2) is 5.76 Å². The number of carbonyl (C=O) groups excluding carboxylic acids is 1. The summed E-state index contributed by atoms with van der Waals surface area (Å²) in [7, 11) is -5.95. The summed E-state index contributed by atoms with van der Waals surface area (Å²) in [5.74, 6) is -0.448. The lowest BCUT2D eigenvalue weighted by Crippen LogP contribution is -2.44. The van der Waals surface area contributed by atoms with E-state index < -0.39 is 45.2 Å². The van der Waals surface area contributed by atoms with Gasteiger partial charge in [-0.3, -0.25) is 4.90 Å². The van der Waals surface area contributed by atoms with Crippen LogP contribution in [0.5, 0.6) is 5.75 Å². The fourth-order valence-electron chi connectivity index (χ4n) is 4.12. The summed E-state index contributed by atoms with van der Waals surface area (Å²) in [5.41, 5.74) is -5.68. The average Bonchev–Trinajstić information content (AvgIpc) is 2.84. The minimum absolute atomic E-state index is 0.0271. The third-order valence-corrected chi connectivity index (χ3v) is 6.82. The summed E-state index contributed by atoms with van der Waals surface area (Å²) in [6, 6.07) is 20.3. The Bertz CT molecular complexity index is 1510. The Morgan fingerprint density at radius 2 is 1.82 bits per heavy atom. The minimum Gasteiger partial charge on any atom is -0.484 e. The SMILES string of the molecule is C[C@H](c1cccc2c#cccc12)N(C[C@H]1C=C(OS(=O)(=O)C(F)(F)F)c2ccccc2O1)C(=O)OC(C)(C)C. The van der Waals surface area contributed by atoms with Gasteiger partial charge in [-0.2, -0.15) is 21.6 Å². The predicted octanol–water partition coefficient (Wildman–Crippen LogP) is 6.41. The Morgan fingerprint density at radius 3 is 2.51 bits per heavy atom. The molecule has 4 rings (SSSR count). The van der Waals surface area contributed by atoms with Crippen LogP contribution < -0.4 is 4.74 Å². The summed E-state index contributed by atoms with van der Waals surface area (Å²) in [5, 5.41) is 1.60. The van der Waals surface area contributed by atoms with Crippen LogP contribution in [0.4, 0.5) is 18.0 Å². The Labute approximate surface area is 224 Å². The molecule has 1 aliphatic rings. The summed E-state index contributed by atoms with van der Waals surface area (Å²) >= 11 is 0. The molecule has 0 spiro atoms. The molecule has 0 bridgehead atoms. The third kappa shape index (κ3) is 6.23. The van der Waals surface area contributed by atoms with Crippen molar-refractivity contribution in [3.63, 3.8) is 0 Å². The number of amides is 1. The fraction of sp³-hybridized carbons (Fsp3) is 0.321. The zero-order chi connectivity index (χ0) is 28.6. The van der Waals surface area contributed by atoms with E-state index in [-0.39, 0.29) is 17.9 Å². The standard InChI is InChI=1S/C28H26F3NO6S/c1-18(21-14-9-11-19-10-5-6-12-22(19)21)32(26(33)37-27(2,3)4)17-20-16-25(38-39(34,35)28(29,30)31)23-13-7-8-15-24(23)36-20/h6-9,11-16,18,20H,17H2,1-4H3/t18-,20-/m1/s1. The lowest BCUT2D eigenvalue weighted by molar-refractivity contribution is -0.0510. The number of carbonyl (C=O) groups is 1. The molecule has 0 N–H and O–H groups in total. The van der Waals surface area contributed by atoms with Crippen LogP contribution in [0, 0.1) is 12.1 Å². The van der Waals surface area contributed by atoms with Crippen LogP contribution in [0.25, 0.3) is 16.5 Å². The van der Waals surface area contributed by atoms with Gasteiger partial charge in [-0.15, -0.1) is 0 Å². The number of rotatable bonds is 6. The van der Waals surface area contributed by atoms with E-state index in [1.54, 1.807) is 39.8 Å². The number of ether oxygens (including phenoxy) is 2. The van der Waals surface area contributed by atoms with Gasteiger partial charge in [0.25, 0.3) is 0 Å². The normalized spacial score (nSPS) is 16.3. The number of benzene rings is 2. The van der Waals surface area contributed by atoms with Crippen molar-refractivity contribution in [2.45, 2.75) is 51.0 Å². The monoisotopic (exact) mass is 561 g/mol. The second-order valence-electron chi connectivity index (χ2n) is 9.89. The van der Waals surface area contributed by atoms with Crippen LogP contribution in [-0.4, -0.2) is 43.2 Å². The molecule has 0 unspecified atom stereocenters. The van der Waals surface area contributed by atoms with Crippen molar-refractivity contribution in [1.82, 2.24) is 4.90 Å². The molecular formula is C28H26F3NO6S. The molecule has 0 saturated carbocycles. The lowest BCUT2D eigenvalue weighted by atomic mass is 9.99. The van der Waals surface area contributed by atoms with E-state index in [2.05, 4.69) is 16.3 Å². The van der Waals surface area contributed by atoms with E-state index in [4.69, 9.17) is 9.47 Å². The van der Waals surface area contributed by atoms with Crippen LogP contribution in [-0.2, 0) is 19.0 Å². The summed E-state index contributed by atoms with van der Waals surface area (Å²) in [4.78, 5) is 14.8. The predicted molar refractivity (Wildman–Crippen MR) is 138 cm³/mol. The molecule has 2 atom stereocenters. The molecule has 7 nitrogen and oxygen atoms in total. The molecule has 1 heterocycles. The number of hydrogen-bond donors (Lipinski definition) is 0. The van der Waals surface area contributed by atoms with Gasteiger partial charge in [0.05, 0.1) is 18.2 Å². The lowest BCUT2D eigenvalue weighted by Gasteiger charge is -2.35. The van der Waals surface area contributed by atoms with Crippen molar-refractivity contribution in [2.75, 3.05) is 6.54 Å². The van der Waals surface area contributed by atoms with Crippen molar-refractivity contribution < 1.29 is 40.0 Å². The van der Waals surface area contributed by atoms with Crippen molar-refractivity contribution >= 4 is 32.7 Å². The van der Waals surface area contributed by atoms with Crippen molar-refractivity contribution in [3.8, 4) is 5.75 Å².